The van der Waals surface area contributed by atoms with Crippen molar-refractivity contribution in [1.29, 1.82) is 0 Å². The van der Waals surface area contributed by atoms with Crippen LogP contribution in [0.4, 0.5) is 8.78 Å². The zero-order valence-corrected chi connectivity index (χ0v) is 12.3. The van der Waals surface area contributed by atoms with E-state index in [1.54, 1.807) is 6.92 Å². The standard InChI is InChI=1S/C13H20ClF2NO3/c1-7-3-10-8(2)20-11(19)12(10,6-13(7,15)16)17-5-9(18)4-14/h7-10,17-18H,3-6H2,1-2H3/t7?,8?,9?,10?,12-/m0/s1. The summed E-state index contributed by atoms with van der Waals surface area (Å²) >= 11 is 5.50. The van der Waals surface area contributed by atoms with Crippen LogP contribution in [-0.4, -0.2) is 47.2 Å². The number of aliphatic hydroxyl groups excluding tert-OH is 1. The highest BCUT2D eigenvalue weighted by atomic mass is 35.5. The number of aliphatic hydroxyl groups is 1. The minimum atomic E-state index is -2.93. The van der Waals surface area contributed by atoms with Gasteiger partial charge < -0.3 is 9.84 Å². The fourth-order valence-corrected chi connectivity index (χ4v) is 3.33. The average molecular weight is 312 g/mol. The quantitative estimate of drug-likeness (QED) is 0.611. The fraction of sp³-hybridized carbons (Fsp3) is 0.923. The van der Waals surface area contributed by atoms with Gasteiger partial charge in [-0.05, 0) is 13.3 Å². The first-order chi connectivity index (χ1) is 9.23. The Labute approximate surface area is 121 Å². The Kier molecular flexibility index (Phi) is 4.29. The Bertz CT molecular complexity index is 396. The van der Waals surface area contributed by atoms with Gasteiger partial charge in [0.2, 0.25) is 0 Å². The first-order valence-corrected chi connectivity index (χ1v) is 7.34. The van der Waals surface area contributed by atoms with Crippen LogP contribution in [0.25, 0.3) is 0 Å². The second-order valence-electron chi connectivity index (χ2n) is 5.95. The molecule has 7 heteroatoms. The van der Waals surface area contributed by atoms with E-state index in [1.807, 2.05) is 0 Å². The SMILES string of the molecule is CC1OC(=O)[C@]2(NCC(O)CCl)CC(F)(F)C(C)CC12. The molecule has 4 nitrogen and oxygen atoms in total. The molecule has 1 heterocycles. The van der Waals surface area contributed by atoms with Gasteiger partial charge in [0.25, 0.3) is 5.92 Å². The van der Waals surface area contributed by atoms with E-state index in [-0.39, 0.29) is 24.8 Å². The highest BCUT2D eigenvalue weighted by Gasteiger charge is 2.64. The van der Waals surface area contributed by atoms with Crippen LogP contribution in [0.5, 0.6) is 0 Å². The van der Waals surface area contributed by atoms with Crippen molar-refractivity contribution in [3.05, 3.63) is 0 Å². The maximum absolute atomic E-state index is 14.1. The molecule has 2 aliphatic rings. The third-order valence-corrected chi connectivity index (χ3v) is 4.89. The summed E-state index contributed by atoms with van der Waals surface area (Å²) in [5, 5.41) is 12.3. The van der Waals surface area contributed by atoms with E-state index in [1.165, 1.54) is 6.92 Å². The van der Waals surface area contributed by atoms with E-state index in [0.29, 0.717) is 0 Å². The van der Waals surface area contributed by atoms with Crippen LogP contribution in [0.15, 0.2) is 0 Å². The van der Waals surface area contributed by atoms with Crippen LogP contribution in [-0.2, 0) is 9.53 Å². The predicted octanol–water partition coefficient (Wildman–Crippen LogP) is 1.54. The van der Waals surface area contributed by atoms with E-state index in [4.69, 9.17) is 16.3 Å². The number of alkyl halides is 3. The lowest BCUT2D eigenvalue weighted by Crippen LogP contribution is -2.63. The summed E-state index contributed by atoms with van der Waals surface area (Å²) in [6.45, 7) is 3.21. The Morgan fingerprint density at radius 3 is 2.80 bits per heavy atom. The molecule has 2 N–H and O–H groups in total. The van der Waals surface area contributed by atoms with Gasteiger partial charge in [-0.2, -0.15) is 0 Å². The molecular weight excluding hydrogens is 292 g/mol. The topological polar surface area (TPSA) is 58.6 Å². The molecule has 1 saturated heterocycles. The number of esters is 1. The van der Waals surface area contributed by atoms with Gasteiger partial charge in [0.15, 0.2) is 0 Å². The number of rotatable bonds is 4. The minimum absolute atomic E-state index is 0.00766. The summed E-state index contributed by atoms with van der Waals surface area (Å²) in [4.78, 5) is 12.1. The lowest BCUT2D eigenvalue weighted by molar-refractivity contribution is -0.155. The normalized spacial score (nSPS) is 41.1. The summed E-state index contributed by atoms with van der Waals surface area (Å²) in [6, 6.07) is 0. The predicted molar refractivity (Wildman–Crippen MR) is 69.8 cm³/mol. The summed E-state index contributed by atoms with van der Waals surface area (Å²) in [5.41, 5.74) is -1.41. The number of ether oxygens (including phenoxy) is 1. The molecule has 0 radical (unpaired) electrons. The molecule has 0 aromatic carbocycles. The van der Waals surface area contributed by atoms with E-state index in [0.717, 1.165) is 0 Å². The number of cyclic esters (lactones) is 1. The first-order valence-electron chi connectivity index (χ1n) is 6.81. The van der Waals surface area contributed by atoms with Crippen molar-refractivity contribution >= 4 is 17.6 Å². The van der Waals surface area contributed by atoms with E-state index < -0.39 is 42.0 Å². The minimum Gasteiger partial charge on any atom is -0.461 e. The van der Waals surface area contributed by atoms with Gasteiger partial charge >= 0.3 is 5.97 Å². The van der Waals surface area contributed by atoms with Crippen molar-refractivity contribution in [2.45, 2.75) is 50.4 Å². The Morgan fingerprint density at radius 1 is 1.55 bits per heavy atom. The second-order valence-corrected chi connectivity index (χ2v) is 6.26. The van der Waals surface area contributed by atoms with Crippen LogP contribution in [0.1, 0.15) is 26.7 Å². The van der Waals surface area contributed by atoms with Crippen molar-refractivity contribution in [2.75, 3.05) is 12.4 Å². The third-order valence-electron chi connectivity index (χ3n) is 4.53. The number of β-amino-alcohol motifs (C(OH)–C–C–N with tert-alkyl or cyclic N) is 1. The van der Waals surface area contributed by atoms with Crippen LogP contribution >= 0.6 is 11.6 Å². The van der Waals surface area contributed by atoms with Crippen molar-refractivity contribution in [3.63, 3.8) is 0 Å². The van der Waals surface area contributed by atoms with Gasteiger partial charge in [-0.1, -0.05) is 6.92 Å². The van der Waals surface area contributed by atoms with Gasteiger partial charge in [0.1, 0.15) is 11.6 Å². The zero-order valence-electron chi connectivity index (χ0n) is 11.5. The second kappa shape index (κ2) is 5.39. The summed E-state index contributed by atoms with van der Waals surface area (Å²) < 4.78 is 33.3. The van der Waals surface area contributed by atoms with Gasteiger partial charge in [0.05, 0.1) is 6.10 Å². The summed E-state index contributed by atoms with van der Waals surface area (Å²) in [5.74, 6) is -4.71. The molecule has 2 rings (SSSR count). The third kappa shape index (κ3) is 2.53. The monoisotopic (exact) mass is 311 g/mol. The molecule has 0 amide bonds. The maximum atomic E-state index is 14.1. The van der Waals surface area contributed by atoms with Crippen LogP contribution in [0.2, 0.25) is 0 Å². The highest BCUT2D eigenvalue weighted by molar-refractivity contribution is 6.18. The summed E-state index contributed by atoms with van der Waals surface area (Å²) in [6.07, 6.45) is -1.67. The van der Waals surface area contributed by atoms with Crippen molar-refractivity contribution < 1.29 is 23.4 Å². The highest BCUT2D eigenvalue weighted by Crippen LogP contribution is 2.51. The maximum Gasteiger partial charge on any atom is 0.327 e. The number of carbonyl (C=O) groups is 1. The molecule has 5 atom stereocenters. The number of hydrogen-bond acceptors (Lipinski definition) is 4. The molecule has 0 aromatic heterocycles. The van der Waals surface area contributed by atoms with Gasteiger partial charge in [-0.3, -0.25) is 10.1 Å². The lowest BCUT2D eigenvalue weighted by Gasteiger charge is -2.44. The molecule has 20 heavy (non-hydrogen) atoms. The lowest BCUT2D eigenvalue weighted by atomic mass is 9.67. The Balaban J connectivity index is 2.25. The zero-order chi connectivity index (χ0) is 15.1. The number of carbonyl (C=O) groups excluding carboxylic acids is 1. The van der Waals surface area contributed by atoms with Crippen LogP contribution in [0, 0.1) is 11.8 Å². The molecule has 116 valence electrons. The molecule has 4 unspecified atom stereocenters. The van der Waals surface area contributed by atoms with Crippen molar-refractivity contribution in [2.24, 2.45) is 11.8 Å². The van der Waals surface area contributed by atoms with Gasteiger partial charge in [-0.15, -0.1) is 11.6 Å². The summed E-state index contributed by atoms with van der Waals surface area (Å²) in [7, 11) is 0. The smallest absolute Gasteiger partial charge is 0.327 e. The van der Waals surface area contributed by atoms with Crippen LogP contribution in [0.3, 0.4) is 0 Å². The largest absolute Gasteiger partial charge is 0.461 e. The van der Waals surface area contributed by atoms with Crippen LogP contribution < -0.4 is 5.32 Å². The first kappa shape index (κ1) is 15.9. The molecule has 1 aliphatic carbocycles. The number of hydrogen-bond donors (Lipinski definition) is 2. The molecule has 1 aliphatic heterocycles. The molecule has 1 saturated carbocycles. The molecule has 2 fully saturated rings. The fourth-order valence-electron chi connectivity index (χ4n) is 3.22. The van der Waals surface area contributed by atoms with E-state index in [2.05, 4.69) is 5.32 Å². The number of nitrogens with one attached hydrogen (secondary N) is 1. The molecule has 0 bridgehead atoms. The Morgan fingerprint density at radius 2 is 2.20 bits per heavy atom. The molecule has 0 aromatic rings. The van der Waals surface area contributed by atoms with Crippen molar-refractivity contribution in [3.8, 4) is 0 Å². The molecule has 0 spiro atoms. The Hall–Kier alpha value is -0.460. The van der Waals surface area contributed by atoms with E-state index >= 15 is 0 Å². The van der Waals surface area contributed by atoms with Gasteiger partial charge in [-0.25, -0.2) is 8.78 Å². The number of fused-ring (bicyclic) bond motifs is 1. The van der Waals surface area contributed by atoms with Crippen molar-refractivity contribution in [1.82, 2.24) is 5.32 Å². The van der Waals surface area contributed by atoms with E-state index in [9.17, 15) is 18.7 Å². The average Bonchev–Trinajstić information content (AvgIpc) is 2.59. The molecular formula is C13H20ClF2NO3. The number of halogens is 3. The van der Waals surface area contributed by atoms with Gasteiger partial charge in [0, 0.05) is 30.7 Å².